The predicted octanol–water partition coefficient (Wildman–Crippen LogP) is 3.57. The summed E-state index contributed by atoms with van der Waals surface area (Å²) in [6, 6.07) is 4.22. The minimum Gasteiger partial charge on any atom is -0.508 e. The lowest BCUT2D eigenvalue weighted by molar-refractivity contribution is -0.153. The van der Waals surface area contributed by atoms with Crippen LogP contribution in [0, 0.1) is 11.8 Å². The van der Waals surface area contributed by atoms with Crippen molar-refractivity contribution in [3.63, 3.8) is 0 Å². The third-order valence-electron chi connectivity index (χ3n) is 7.45. The van der Waals surface area contributed by atoms with Crippen molar-refractivity contribution in [3.05, 3.63) is 46.2 Å². The number of carbonyl (C=O) groups is 2. The van der Waals surface area contributed by atoms with Gasteiger partial charge in [-0.2, -0.15) is 11.8 Å². The maximum Gasteiger partial charge on any atom is 0.202 e. The predicted molar refractivity (Wildman–Crippen MR) is 132 cm³/mol. The fourth-order valence-electron chi connectivity index (χ4n) is 5.82. The van der Waals surface area contributed by atoms with Gasteiger partial charge in [-0.05, 0) is 45.0 Å². The first-order chi connectivity index (χ1) is 15.7. The molecule has 1 aromatic rings. The molecule has 0 saturated heterocycles. The monoisotopic (exact) mass is 487 g/mol. The van der Waals surface area contributed by atoms with Gasteiger partial charge in [-0.3, -0.25) is 14.5 Å². The summed E-state index contributed by atoms with van der Waals surface area (Å²) in [5.74, 6) is -3.27. The number of aliphatic hydroxyl groups excluding tert-OH is 2. The van der Waals surface area contributed by atoms with Crippen LogP contribution in [0.2, 0.25) is 0 Å². The number of nitrogens with zero attached hydrogens (tertiary/aromatic N) is 1. The first-order valence-electron chi connectivity index (χ1n) is 11.5. The Morgan fingerprint density at radius 3 is 2.38 bits per heavy atom. The summed E-state index contributed by atoms with van der Waals surface area (Å²) >= 11 is 1.71. The molecule has 3 aliphatic carbocycles. The average Bonchev–Trinajstić information content (AvgIpc) is 2.73. The van der Waals surface area contributed by atoms with Crippen LogP contribution in [0.15, 0.2) is 35.1 Å². The zero-order valence-corrected chi connectivity index (χ0v) is 21.2. The number of hydrogen-bond donors (Lipinski definition) is 4. The number of likely N-dealkylation sites (N-methyl/N-ethyl adjacent to an activating group) is 1. The minimum atomic E-state index is -2.32. The molecule has 1 saturated carbocycles. The number of aliphatic hydroxyl groups is 3. The van der Waals surface area contributed by atoms with Crippen molar-refractivity contribution in [1.29, 1.82) is 0 Å². The second kappa shape index (κ2) is 8.14. The summed E-state index contributed by atoms with van der Waals surface area (Å²) in [5.41, 5.74) is -1.43. The van der Waals surface area contributed by atoms with Crippen molar-refractivity contribution < 1.29 is 30.0 Å². The van der Waals surface area contributed by atoms with Crippen molar-refractivity contribution >= 4 is 29.1 Å². The molecule has 34 heavy (non-hydrogen) atoms. The van der Waals surface area contributed by atoms with Crippen LogP contribution in [0.25, 0.3) is 5.76 Å². The number of hydrogen-bond acceptors (Lipinski definition) is 8. The molecule has 0 amide bonds. The van der Waals surface area contributed by atoms with E-state index >= 15 is 0 Å². The molecule has 1 aromatic carbocycles. The summed E-state index contributed by atoms with van der Waals surface area (Å²) in [7, 11) is 3.43. The van der Waals surface area contributed by atoms with E-state index in [4.69, 9.17) is 0 Å². The minimum absolute atomic E-state index is 0.0125. The van der Waals surface area contributed by atoms with E-state index in [9.17, 15) is 30.0 Å². The first kappa shape index (κ1) is 24.8. The highest BCUT2D eigenvalue weighted by Crippen LogP contribution is 2.56. The van der Waals surface area contributed by atoms with Crippen LogP contribution < -0.4 is 0 Å². The summed E-state index contributed by atoms with van der Waals surface area (Å²) in [5, 5.41) is 44.4. The van der Waals surface area contributed by atoms with Gasteiger partial charge in [0.25, 0.3) is 0 Å². The second-order valence-electron chi connectivity index (χ2n) is 10.8. The fraction of sp³-hybridized carbons (Fsp3) is 0.538. The maximum absolute atomic E-state index is 13.9. The first-order valence-corrected chi connectivity index (χ1v) is 12.5. The molecule has 0 aromatic heterocycles. The van der Waals surface area contributed by atoms with Gasteiger partial charge in [0.1, 0.15) is 17.3 Å². The fourth-order valence-corrected chi connectivity index (χ4v) is 6.91. The van der Waals surface area contributed by atoms with Crippen molar-refractivity contribution in [2.75, 3.05) is 19.8 Å². The summed E-state index contributed by atoms with van der Waals surface area (Å²) < 4.78 is -0.0646. The number of benzene rings is 1. The molecule has 0 radical (unpaired) electrons. The van der Waals surface area contributed by atoms with Crippen molar-refractivity contribution in [2.45, 2.75) is 56.4 Å². The van der Waals surface area contributed by atoms with Crippen LogP contribution in [0.4, 0.5) is 0 Å². The maximum atomic E-state index is 13.9. The van der Waals surface area contributed by atoms with Crippen LogP contribution >= 0.6 is 11.8 Å². The zero-order valence-electron chi connectivity index (χ0n) is 20.4. The molecule has 5 atom stereocenters. The van der Waals surface area contributed by atoms with Crippen LogP contribution in [0.5, 0.6) is 5.75 Å². The summed E-state index contributed by atoms with van der Waals surface area (Å²) in [6.45, 7) is 7.68. The smallest absolute Gasteiger partial charge is 0.202 e. The van der Waals surface area contributed by atoms with Crippen LogP contribution in [-0.2, 0) is 9.59 Å². The Bertz CT molecular complexity index is 1130. The standard InChI is InChI=1S/C26H33NO6S/c1-12-21(29)20(27(5)6)16-10-14-15(11-34-25(2,3)4)13-8-7-9-17(28)18(13)22(30)19(14)24(32)26(16,33)23(12)31/h7-9,14-16,20,28,30-31,33H,10-11H2,1-6H3. The molecule has 7 nitrogen and oxygen atoms in total. The number of carbonyl (C=O) groups excluding carboxylic acids is 2. The van der Waals surface area contributed by atoms with E-state index in [1.807, 2.05) is 6.07 Å². The molecule has 0 aliphatic heterocycles. The molecule has 3 aliphatic rings. The Morgan fingerprint density at radius 1 is 1.15 bits per heavy atom. The van der Waals surface area contributed by atoms with Crippen LogP contribution in [0.3, 0.4) is 0 Å². The zero-order chi connectivity index (χ0) is 25.3. The highest BCUT2D eigenvalue weighted by molar-refractivity contribution is 8.00. The van der Waals surface area contributed by atoms with E-state index in [1.165, 1.54) is 13.0 Å². The number of fused-ring (bicyclic) bond motifs is 3. The number of ketones is 2. The summed E-state index contributed by atoms with van der Waals surface area (Å²) in [6.07, 6.45) is 0.220. The van der Waals surface area contributed by atoms with Crippen molar-refractivity contribution in [2.24, 2.45) is 11.8 Å². The van der Waals surface area contributed by atoms with Gasteiger partial charge in [0.05, 0.1) is 11.6 Å². The molecular weight excluding hydrogens is 454 g/mol. The van der Waals surface area contributed by atoms with Gasteiger partial charge in [-0.1, -0.05) is 32.9 Å². The highest BCUT2D eigenvalue weighted by Gasteiger charge is 2.64. The van der Waals surface area contributed by atoms with E-state index < -0.39 is 35.0 Å². The quantitative estimate of drug-likeness (QED) is 0.511. The number of Topliss-reactive ketones (excluding diaryl/α,β-unsaturated/α-hetero) is 2. The molecule has 1 fully saturated rings. The van der Waals surface area contributed by atoms with Gasteiger partial charge >= 0.3 is 0 Å². The average molecular weight is 488 g/mol. The number of phenols is 1. The second-order valence-corrected chi connectivity index (χ2v) is 12.7. The molecule has 184 valence electrons. The van der Waals surface area contributed by atoms with Gasteiger partial charge in [-0.25, -0.2) is 0 Å². The Hall–Kier alpha value is -2.29. The van der Waals surface area contributed by atoms with Gasteiger partial charge < -0.3 is 20.4 Å². The SMILES string of the molecule is CC1=C(O)C2(O)C(=O)C3=C(O)c4c(O)cccc4C(CSC(C)(C)C)C3CC2C(N(C)C)C1=O. The number of rotatable bonds is 3. The molecule has 4 N–H and O–H groups in total. The van der Waals surface area contributed by atoms with Crippen LogP contribution in [0.1, 0.15) is 51.2 Å². The van der Waals surface area contributed by atoms with E-state index in [2.05, 4.69) is 20.8 Å². The van der Waals surface area contributed by atoms with Crippen molar-refractivity contribution in [1.82, 2.24) is 4.90 Å². The third kappa shape index (κ3) is 3.49. The van der Waals surface area contributed by atoms with Crippen LogP contribution in [-0.4, -0.2) is 73.1 Å². The summed E-state index contributed by atoms with van der Waals surface area (Å²) in [4.78, 5) is 28.7. The number of phenolic OH excluding ortho intramolecular Hbond substituents is 1. The molecule has 5 unspecified atom stereocenters. The number of aromatic hydroxyl groups is 1. The van der Waals surface area contributed by atoms with E-state index in [1.54, 1.807) is 36.8 Å². The van der Waals surface area contributed by atoms with Crippen molar-refractivity contribution in [3.8, 4) is 5.75 Å². The Kier molecular flexibility index (Phi) is 5.94. The Labute approximate surface area is 204 Å². The van der Waals surface area contributed by atoms with Gasteiger partial charge in [-0.15, -0.1) is 0 Å². The molecular formula is C26H33NO6S. The molecule has 8 heteroatoms. The van der Waals surface area contributed by atoms with Gasteiger partial charge in [0, 0.05) is 33.5 Å². The molecule has 0 heterocycles. The topological polar surface area (TPSA) is 118 Å². The van der Waals surface area contributed by atoms with E-state index in [0.29, 0.717) is 5.75 Å². The Morgan fingerprint density at radius 2 is 1.79 bits per heavy atom. The lowest BCUT2D eigenvalue weighted by atomic mass is 9.56. The van der Waals surface area contributed by atoms with E-state index in [-0.39, 0.29) is 51.1 Å². The highest BCUT2D eigenvalue weighted by atomic mass is 32.2. The Balaban J connectivity index is 1.95. The number of thioether (sulfide) groups is 1. The molecule has 0 spiro atoms. The largest absolute Gasteiger partial charge is 0.508 e. The third-order valence-corrected chi connectivity index (χ3v) is 8.84. The van der Waals surface area contributed by atoms with Gasteiger partial charge in [0.2, 0.25) is 5.78 Å². The van der Waals surface area contributed by atoms with Gasteiger partial charge in [0.15, 0.2) is 11.4 Å². The molecule has 0 bridgehead atoms. The lowest BCUT2D eigenvalue weighted by Crippen LogP contribution is -2.65. The normalized spacial score (nSPS) is 31.5. The lowest BCUT2D eigenvalue weighted by Gasteiger charge is -2.52. The molecule has 4 rings (SSSR count). The van der Waals surface area contributed by atoms with E-state index in [0.717, 1.165) is 5.56 Å².